The van der Waals surface area contributed by atoms with E-state index in [1.54, 1.807) is 11.9 Å². The van der Waals surface area contributed by atoms with E-state index in [2.05, 4.69) is 5.10 Å². The van der Waals surface area contributed by atoms with Crippen LogP contribution in [0.2, 0.25) is 0 Å². The number of rotatable bonds is 6. The van der Waals surface area contributed by atoms with Gasteiger partial charge in [-0.25, -0.2) is 17.5 Å². The summed E-state index contributed by atoms with van der Waals surface area (Å²) < 4.78 is 42.6. The monoisotopic (exact) mass is 470 g/mol. The Labute approximate surface area is 193 Å². The first-order valence-electron chi connectivity index (χ1n) is 10.8. The van der Waals surface area contributed by atoms with Crippen LogP contribution in [0.5, 0.6) is 0 Å². The first-order valence-corrected chi connectivity index (χ1v) is 12.3. The summed E-state index contributed by atoms with van der Waals surface area (Å²) in [7, 11) is -2.22. The highest BCUT2D eigenvalue weighted by molar-refractivity contribution is 7.89. The SMILES string of the molecule is Cc1nn(-c2ccccc2)c(C)c1CN(C)C(=O)[C@@H]1CCCN1S(=O)(=O)c1ccc(F)cc1. The Hall–Kier alpha value is -3.04. The largest absolute Gasteiger partial charge is 0.340 e. The molecule has 1 amide bonds. The molecule has 1 fully saturated rings. The highest BCUT2D eigenvalue weighted by Crippen LogP contribution is 2.28. The maximum absolute atomic E-state index is 13.3. The lowest BCUT2D eigenvalue weighted by molar-refractivity contribution is -0.133. The number of hydrogen-bond acceptors (Lipinski definition) is 4. The molecule has 0 aliphatic carbocycles. The zero-order chi connectivity index (χ0) is 23.8. The minimum atomic E-state index is -3.90. The van der Waals surface area contributed by atoms with E-state index in [0.29, 0.717) is 19.4 Å². The van der Waals surface area contributed by atoms with Crippen LogP contribution < -0.4 is 0 Å². The van der Waals surface area contributed by atoms with Gasteiger partial charge in [0.15, 0.2) is 0 Å². The first kappa shape index (κ1) is 23.1. The Balaban J connectivity index is 1.55. The van der Waals surface area contributed by atoms with Gasteiger partial charge in [0.2, 0.25) is 15.9 Å². The van der Waals surface area contributed by atoms with Crippen molar-refractivity contribution in [1.82, 2.24) is 19.0 Å². The number of likely N-dealkylation sites (N-methyl/N-ethyl adjacent to an activating group) is 1. The van der Waals surface area contributed by atoms with E-state index in [-0.39, 0.29) is 17.3 Å². The lowest BCUT2D eigenvalue weighted by atomic mass is 10.1. The van der Waals surface area contributed by atoms with Crippen molar-refractivity contribution in [3.05, 3.63) is 77.4 Å². The van der Waals surface area contributed by atoms with Gasteiger partial charge in [0.05, 0.1) is 16.3 Å². The second kappa shape index (κ2) is 9.07. The fraction of sp³-hybridized carbons (Fsp3) is 0.333. The lowest BCUT2D eigenvalue weighted by Gasteiger charge is -2.27. The van der Waals surface area contributed by atoms with Gasteiger partial charge in [0.25, 0.3) is 0 Å². The molecule has 2 aromatic carbocycles. The lowest BCUT2D eigenvalue weighted by Crippen LogP contribution is -2.46. The fourth-order valence-corrected chi connectivity index (χ4v) is 5.96. The smallest absolute Gasteiger partial charge is 0.243 e. The molecular formula is C24H27FN4O3S. The molecule has 1 aromatic heterocycles. The number of aryl methyl sites for hydroxylation is 1. The quantitative estimate of drug-likeness (QED) is 0.553. The summed E-state index contributed by atoms with van der Waals surface area (Å²) in [6.07, 6.45) is 1.04. The van der Waals surface area contributed by atoms with Gasteiger partial charge in [0, 0.05) is 31.4 Å². The molecule has 4 rings (SSSR count). The third-order valence-electron chi connectivity index (χ3n) is 6.12. The number of amides is 1. The summed E-state index contributed by atoms with van der Waals surface area (Å²) in [5.74, 6) is -0.769. The van der Waals surface area contributed by atoms with Gasteiger partial charge in [0.1, 0.15) is 11.9 Å². The van der Waals surface area contributed by atoms with Crippen molar-refractivity contribution < 1.29 is 17.6 Å². The van der Waals surface area contributed by atoms with Crippen molar-refractivity contribution in [3.63, 3.8) is 0 Å². The van der Waals surface area contributed by atoms with Gasteiger partial charge in [-0.1, -0.05) is 18.2 Å². The van der Waals surface area contributed by atoms with Crippen molar-refractivity contribution in [2.75, 3.05) is 13.6 Å². The highest BCUT2D eigenvalue weighted by atomic mass is 32.2. The molecule has 1 atom stereocenters. The summed E-state index contributed by atoms with van der Waals surface area (Å²) >= 11 is 0. The van der Waals surface area contributed by atoms with E-state index in [0.717, 1.165) is 34.8 Å². The van der Waals surface area contributed by atoms with Crippen LogP contribution in [0.1, 0.15) is 29.8 Å². The molecule has 1 aliphatic heterocycles. The van der Waals surface area contributed by atoms with E-state index in [9.17, 15) is 17.6 Å². The Kier molecular flexibility index (Phi) is 6.36. The fourth-order valence-electron chi connectivity index (χ4n) is 4.31. The van der Waals surface area contributed by atoms with Crippen LogP contribution in [0.25, 0.3) is 5.69 Å². The van der Waals surface area contributed by atoms with Crippen molar-refractivity contribution >= 4 is 15.9 Å². The third kappa shape index (κ3) is 4.43. The van der Waals surface area contributed by atoms with E-state index in [1.807, 2.05) is 48.9 Å². The normalized spacial score (nSPS) is 16.8. The van der Waals surface area contributed by atoms with Crippen LogP contribution in [0, 0.1) is 19.7 Å². The molecule has 0 radical (unpaired) electrons. The summed E-state index contributed by atoms with van der Waals surface area (Å²) in [6.45, 7) is 4.45. The maximum atomic E-state index is 13.3. The topological polar surface area (TPSA) is 75.5 Å². The van der Waals surface area contributed by atoms with Crippen molar-refractivity contribution in [1.29, 1.82) is 0 Å². The summed E-state index contributed by atoms with van der Waals surface area (Å²) in [4.78, 5) is 14.9. The molecule has 0 spiro atoms. The number of aromatic nitrogens is 2. The molecule has 9 heteroatoms. The molecule has 7 nitrogen and oxygen atoms in total. The number of benzene rings is 2. The molecule has 0 unspecified atom stereocenters. The minimum absolute atomic E-state index is 0.0120. The number of carbonyl (C=O) groups excluding carboxylic acids is 1. The molecule has 2 heterocycles. The van der Waals surface area contributed by atoms with Gasteiger partial charge in [-0.15, -0.1) is 0 Å². The zero-order valence-corrected chi connectivity index (χ0v) is 19.7. The number of halogens is 1. The van der Waals surface area contributed by atoms with Gasteiger partial charge < -0.3 is 4.90 Å². The average molecular weight is 471 g/mol. The predicted molar refractivity (Wildman–Crippen MR) is 123 cm³/mol. The predicted octanol–water partition coefficient (Wildman–Crippen LogP) is 3.44. The standard InChI is InChI=1S/C24H27FN4O3S/c1-17-22(18(2)29(26-17)20-8-5-4-6-9-20)16-27(3)24(30)23-10-7-15-28(23)33(31,32)21-13-11-19(25)12-14-21/h4-6,8-9,11-14,23H,7,10,15-16H2,1-3H3/t23-/m0/s1. The van der Waals surface area contributed by atoms with Gasteiger partial charge in [-0.05, 0) is 63.1 Å². The Morgan fingerprint density at radius 1 is 1.12 bits per heavy atom. The van der Waals surface area contributed by atoms with E-state index < -0.39 is 21.9 Å². The van der Waals surface area contributed by atoms with E-state index in [4.69, 9.17) is 0 Å². The van der Waals surface area contributed by atoms with E-state index >= 15 is 0 Å². The molecular weight excluding hydrogens is 443 g/mol. The number of hydrogen-bond donors (Lipinski definition) is 0. The second-order valence-corrected chi connectivity index (χ2v) is 10.2. The Morgan fingerprint density at radius 3 is 2.45 bits per heavy atom. The van der Waals surface area contributed by atoms with Gasteiger partial charge in [-0.3, -0.25) is 4.79 Å². The molecule has 1 aliphatic rings. The molecule has 0 saturated carbocycles. The first-order chi connectivity index (χ1) is 15.7. The second-order valence-electron chi connectivity index (χ2n) is 8.32. The van der Waals surface area contributed by atoms with Crippen LogP contribution in [0.4, 0.5) is 4.39 Å². The average Bonchev–Trinajstić information content (AvgIpc) is 3.41. The molecule has 1 saturated heterocycles. The number of para-hydroxylation sites is 1. The van der Waals surface area contributed by atoms with Crippen LogP contribution in [-0.2, 0) is 21.4 Å². The van der Waals surface area contributed by atoms with Gasteiger partial charge >= 0.3 is 0 Å². The molecule has 0 bridgehead atoms. The van der Waals surface area contributed by atoms with Crippen LogP contribution in [-0.4, -0.2) is 52.9 Å². The van der Waals surface area contributed by atoms with Crippen molar-refractivity contribution in [2.24, 2.45) is 0 Å². The zero-order valence-electron chi connectivity index (χ0n) is 18.9. The summed E-state index contributed by atoms with van der Waals surface area (Å²) in [5.41, 5.74) is 3.62. The van der Waals surface area contributed by atoms with Crippen LogP contribution in [0.15, 0.2) is 59.5 Å². The highest BCUT2D eigenvalue weighted by Gasteiger charge is 2.40. The number of nitrogens with zero attached hydrogens (tertiary/aromatic N) is 4. The minimum Gasteiger partial charge on any atom is -0.340 e. The third-order valence-corrected chi connectivity index (χ3v) is 8.04. The molecule has 174 valence electrons. The van der Waals surface area contributed by atoms with E-state index in [1.165, 1.54) is 16.4 Å². The molecule has 33 heavy (non-hydrogen) atoms. The Bertz CT molecular complexity index is 1260. The number of carbonyl (C=O) groups is 1. The molecule has 3 aromatic rings. The summed E-state index contributed by atoms with van der Waals surface area (Å²) in [6, 6.07) is 13.7. The number of sulfonamides is 1. The van der Waals surface area contributed by atoms with Crippen molar-refractivity contribution in [3.8, 4) is 5.69 Å². The van der Waals surface area contributed by atoms with Gasteiger partial charge in [-0.2, -0.15) is 9.40 Å². The maximum Gasteiger partial charge on any atom is 0.243 e. The van der Waals surface area contributed by atoms with Crippen LogP contribution >= 0.6 is 0 Å². The van der Waals surface area contributed by atoms with Crippen molar-refractivity contribution in [2.45, 2.75) is 44.2 Å². The van der Waals surface area contributed by atoms with Crippen LogP contribution in [0.3, 0.4) is 0 Å². The molecule has 0 N–H and O–H groups in total. The Morgan fingerprint density at radius 2 is 1.79 bits per heavy atom. The summed E-state index contributed by atoms with van der Waals surface area (Å²) in [5, 5.41) is 4.63.